The van der Waals surface area contributed by atoms with Crippen molar-refractivity contribution in [3.05, 3.63) is 89.9 Å². The van der Waals surface area contributed by atoms with Crippen LogP contribution in [-0.4, -0.2) is 49.0 Å². The van der Waals surface area contributed by atoms with E-state index in [-0.39, 0.29) is 5.91 Å². The Labute approximate surface area is 190 Å². The fourth-order valence-corrected chi connectivity index (χ4v) is 4.20. The standard InChI is InChI=1S/C27H32N2O3/c1-28(17-15-22-7-3-2-4-8-22)19-23-11-13-25(14-12-23)32-21-24-9-5-16-29(20-24)27(30)26-10-6-18-31-26/h2-4,6-8,10-14,18,24H,5,9,15-17,19-21H2,1H3. The van der Waals surface area contributed by atoms with Gasteiger partial charge < -0.3 is 19.0 Å². The minimum atomic E-state index is -0.0274. The summed E-state index contributed by atoms with van der Waals surface area (Å²) in [5, 5.41) is 0. The Kier molecular flexibility index (Phi) is 7.62. The SMILES string of the molecule is CN(CCc1ccccc1)Cc1ccc(OCC2CCCN(C(=O)c3ccco3)C2)cc1. The monoisotopic (exact) mass is 432 g/mol. The van der Waals surface area contributed by atoms with Gasteiger partial charge in [-0.15, -0.1) is 0 Å². The zero-order chi connectivity index (χ0) is 22.2. The summed E-state index contributed by atoms with van der Waals surface area (Å²) in [4.78, 5) is 16.7. The van der Waals surface area contributed by atoms with Crippen molar-refractivity contribution in [3.63, 3.8) is 0 Å². The molecular weight excluding hydrogens is 400 g/mol. The molecule has 0 bridgehead atoms. The molecule has 1 aliphatic heterocycles. The van der Waals surface area contributed by atoms with Gasteiger partial charge in [0.15, 0.2) is 5.76 Å². The van der Waals surface area contributed by atoms with Crippen molar-refractivity contribution in [2.75, 3.05) is 33.3 Å². The summed E-state index contributed by atoms with van der Waals surface area (Å²) in [6.45, 7) is 4.06. The Morgan fingerprint density at radius 2 is 1.88 bits per heavy atom. The average Bonchev–Trinajstić information content (AvgIpc) is 3.38. The van der Waals surface area contributed by atoms with Gasteiger partial charge in [-0.3, -0.25) is 4.79 Å². The molecule has 1 unspecified atom stereocenters. The Morgan fingerprint density at radius 1 is 1.06 bits per heavy atom. The number of amides is 1. The van der Waals surface area contributed by atoms with Crippen LogP contribution in [0.1, 0.15) is 34.5 Å². The maximum absolute atomic E-state index is 12.5. The van der Waals surface area contributed by atoms with Crippen molar-refractivity contribution >= 4 is 5.91 Å². The number of benzene rings is 2. The van der Waals surface area contributed by atoms with Crippen LogP contribution in [0.5, 0.6) is 5.75 Å². The zero-order valence-corrected chi connectivity index (χ0v) is 18.8. The number of ether oxygens (including phenoxy) is 1. The average molecular weight is 433 g/mol. The predicted octanol–water partition coefficient (Wildman–Crippen LogP) is 4.89. The van der Waals surface area contributed by atoms with Gasteiger partial charge in [-0.25, -0.2) is 0 Å². The van der Waals surface area contributed by atoms with Crippen LogP contribution < -0.4 is 4.74 Å². The molecule has 1 atom stereocenters. The van der Waals surface area contributed by atoms with Crippen molar-refractivity contribution in [2.45, 2.75) is 25.8 Å². The number of carbonyl (C=O) groups is 1. The van der Waals surface area contributed by atoms with E-state index in [1.807, 2.05) is 4.90 Å². The van der Waals surface area contributed by atoms with E-state index in [9.17, 15) is 4.79 Å². The number of nitrogens with zero attached hydrogens (tertiary/aromatic N) is 2. The maximum Gasteiger partial charge on any atom is 0.289 e. The molecule has 0 radical (unpaired) electrons. The molecule has 5 nitrogen and oxygen atoms in total. The van der Waals surface area contributed by atoms with Gasteiger partial charge in [-0.05, 0) is 61.7 Å². The van der Waals surface area contributed by atoms with Crippen LogP contribution in [0.3, 0.4) is 0 Å². The summed E-state index contributed by atoms with van der Waals surface area (Å²) in [5.41, 5.74) is 2.65. The molecule has 1 aliphatic rings. The largest absolute Gasteiger partial charge is 0.493 e. The molecule has 1 fully saturated rings. The topological polar surface area (TPSA) is 45.9 Å². The van der Waals surface area contributed by atoms with Gasteiger partial charge in [0.1, 0.15) is 5.75 Å². The Morgan fingerprint density at radius 3 is 2.62 bits per heavy atom. The van der Waals surface area contributed by atoms with Crippen molar-refractivity contribution in [3.8, 4) is 5.75 Å². The first kappa shape index (κ1) is 22.2. The number of likely N-dealkylation sites (N-methyl/N-ethyl adjacent to an activating group) is 1. The lowest BCUT2D eigenvalue weighted by Gasteiger charge is -2.32. The van der Waals surface area contributed by atoms with Crippen LogP contribution in [0.2, 0.25) is 0 Å². The molecule has 2 aromatic carbocycles. The van der Waals surface area contributed by atoms with E-state index in [0.717, 1.165) is 44.6 Å². The van der Waals surface area contributed by atoms with E-state index in [0.29, 0.717) is 24.8 Å². The fourth-order valence-electron chi connectivity index (χ4n) is 4.20. The van der Waals surface area contributed by atoms with Crippen LogP contribution in [0.15, 0.2) is 77.4 Å². The Bertz CT molecular complexity index is 954. The second kappa shape index (κ2) is 11.0. The van der Waals surface area contributed by atoms with Crippen molar-refractivity contribution < 1.29 is 13.9 Å². The zero-order valence-electron chi connectivity index (χ0n) is 18.8. The van der Waals surface area contributed by atoms with E-state index >= 15 is 0 Å². The first-order chi connectivity index (χ1) is 15.7. The number of hydrogen-bond acceptors (Lipinski definition) is 4. The van der Waals surface area contributed by atoms with Gasteiger partial charge in [-0.2, -0.15) is 0 Å². The smallest absolute Gasteiger partial charge is 0.289 e. The molecule has 32 heavy (non-hydrogen) atoms. The van der Waals surface area contributed by atoms with Gasteiger partial charge in [0.25, 0.3) is 5.91 Å². The quantitative estimate of drug-likeness (QED) is 0.483. The minimum Gasteiger partial charge on any atom is -0.493 e. The molecule has 0 saturated carbocycles. The first-order valence-corrected chi connectivity index (χ1v) is 11.4. The lowest BCUT2D eigenvalue weighted by atomic mass is 9.98. The van der Waals surface area contributed by atoms with Crippen LogP contribution in [0, 0.1) is 5.92 Å². The fraction of sp³-hybridized carbons (Fsp3) is 0.370. The second-order valence-electron chi connectivity index (χ2n) is 8.67. The van der Waals surface area contributed by atoms with E-state index in [1.165, 1.54) is 11.1 Å². The third kappa shape index (κ3) is 6.24. The van der Waals surface area contributed by atoms with E-state index in [4.69, 9.17) is 9.15 Å². The third-order valence-electron chi connectivity index (χ3n) is 6.02. The van der Waals surface area contributed by atoms with Gasteiger partial charge in [0, 0.05) is 32.1 Å². The molecule has 1 aromatic heterocycles. The van der Waals surface area contributed by atoms with Gasteiger partial charge in [-0.1, -0.05) is 42.5 Å². The molecule has 1 amide bonds. The Balaban J connectivity index is 1.21. The molecule has 0 N–H and O–H groups in total. The third-order valence-corrected chi connectivity index (χ3v) is 6.02. The Hall–Kier alpha value is -3.05. The predicted molar refractivity (Wildman–Crippen MR) is 126 cm³/mol. The molecule has 3 aromatic rings. The number of piperidine rings is 1. The highest BCUT2D eigenvalue weighted by molar-refractivity contribution is 5.91. The van der Waals surface area contributed by atoms with Crippen molar-refractivity contribution in [2.24, 2.45) is 5.92 Å². The first-order valence-electron chi connectivity index (χ1n) is 11.4. The number of carbonyl (C=O) groups excluding carboxylic acids is 1. The summed E-state index contributed by atoms with van der Waals surface area (Å²) in [5.74, 6) is 1.61. The molecule has 0 aliphatic carbocycles. The molecular formula is C27H32N2O3. The molecule has 5 heteroatoms. The maximum atomic E-state index is 12.5. The normalized spacial score (nSPS) is 16.3. The summed E-state index contributed by atoms with van der Waals surface area (Å²) in [6.07, 6.45) is 4.67. The highest BCUT2D eigenvalue weighted by atomic mass is 16.5. The second-order valence-corrected chi connectivity index (χ2v) is 8.67. The number of hydrogen-bond donors (Lipinski definition) is 0. The lowest BCUT2D eigenvalue weighted by Crippen LogP contribution is -2.41. The van der Waals surface area contributed by atoms with Crippen molar-refractivity contribution in [1.29, 1.82) is 0 Å². The van der Waals surface area contributed by atoms with Crippen LogP contribution in [-0.2, 0) is 13.0 Å². The minimum absolute atomic E-state index is 0.0274. The van der Waals surface area contributed by atoms with Crippen LogP contribution in [0.25, 0.3) is 0 Å². The molecule has 1 saturated heterocycles. The van der Waals surface area contributed by atoms with E-state index in [1.54, 1.807) is 18.4 Å². The molecule has 4 rings (SSSR count). The summed E-state index contributed by atoms with van der Waals surface area (Å²) < 4.78 is 11.3. The lowest BCUT2D eigenvalue weighted by molar-refractivity contribution is 0.0602. The van der Waals surface area contributed by atoms with Crippen molar-refractivity contribution in [1.82, 2.24) is 9.80 Å². The number of likely N-dealkylation sites (tertiary alicyclic amines) is 1. The van der Waals surface area contributed by atoms with Gasteiger partial charge in [0.2, 0.25) is 0 Å². The van der Waals surface area contributed by atoms with Crippen LogP contribution in [0.4, 0.5) is 0 Å². The summed E-state index contributed by atoms with van der Waals surface area (Å²) >= 11 is 0. The molecule has 2 heterocycles. The van der Waals surface area contributed by atoms with Gasteiger partial charge >= 0.3 is 0 Å². The molecule has 168 valence electrons. The van der Waals surface area contributed by atoms with E-state index < -0.39 is 0 Å². The highest BCUT2D eigenvalue weighted by Crippen LogP contribution is 2.21. The van der Waals surface area contributed by atoms with E-state index in [2.05, 4.69) is 66.5 Å². The highest BCUT2D eigenvalue weighted by Gasteiger charge is 2.26. The number of furan rings is 1. The van der Waals surface area contributed by atoms with Crippen LogP contribution >= 0.6 is 0 Å². The molecule has 0 spiro atoms. The summed E-state index contributed by atoms with van der Waals surface area (Å²) in [6, 6.07) is 22.5. The number of rotatable bonds is 9. The summed E-state index contributed by atoms with van der Waals surface area (Å²) in [7, 11) is 2.16. The van der Waals surface area contributed by atoms with Gasteiger partial charge in [0.05, 0.1) is 12.9 Å².